The maximum Gasteiger partial charge on any atom is 0.272 e. The van der Waals surface area contributed by atoms with E-state index in [0.29, 0.717) is 17.7 Å². The molecule has 0 fully saturated rings. The molecule has 0 spiro atoms. The predicted molar refractivity (Wildman–Crippen MR) is 87.1 cm³/mol. The van der Waals surface area contributed by atoms with Crippen molar-refractivity contribution < 1.29 is 9.90 Å². The molecule has 0 unspecified atom stereocenters. The molecule has 0 aromatic heterocycles. The highest BCUT2D eigenvalue weighted by Gasteiger charge is 2.21. The molecule has 1 atom stereocenters. The number of aliphatic hydroxyl groups excluding tert-OH is 1. The van der Waals surface area contributed by atoms with Crippen LogP contribution in [0.5, 0.6) is 0 Å². The smallest absolute Gasteiger partial charge is 0.272 e. The summed E-state index contributed by atoms with van der Waals surface area (Å²) in [5.41, 5.74) is 2.70. The highest BCUT2D eigenvalue weighted by Crippen LogP contribution is 2.21. The van der Waals surface area contributed by atoms with Gasteiger partial charge in [-0.1, -0.05) is 54.6 Å². The van der Waals surface area contributed by atoms with Gasteiger partial charge in [-0.05, 0) is 18.1 Å². The minimum atomic E-state index is -0.367. The van der Waals surface area contributed by atoms with E-state index in [9.17, 15) is 9.90 Å². The van der Waals surface area contributed by atoms with E-state index in [4.69, 9.17) is 0 Å². The van der Waals surface area contributed by atoms with Gasteiger partial charge in [0.25, 0.3) is 5.91 Å². The lowest BCUT2D eigenvalue weighted by molar-refractivity contribution is 0.0912. The second-order valence-corrected chi connectivity index (χ2v) is 5.30. The Labute approximate surface area is 134 Å². The maximum atomic E-state index is 12.5. The topological polar surface area (TPSA) is 75.1 Å². The number of hydrogen-bond donors (Lipinski definition) is 2. The summed E-state index contributed by atoms with van der Waals surface area (Å²) in [7, 11) is 0. The van der Waals surface area contributed by atoms with Crippen LogP contribution in [0.15, 0.2) is 60.7 Å². The standard InChI is InChI=1S/C18H17N3O2/c22-12-14(11-13-7-3-1-4-8-13)19-18(23)17-15-9-5-2-6-10-16(15)20-21-17/h1-10,14,22H,11-12H2,(H,19,23)/t14-/m1/s1. The number of amides is 1. The van der Waals surface area contributed by atoms with Crippen LogP contribution >= 0.6 is 0 Å². The van der Waals surface area contributed by atoms with E-state index in [-0.39, 0.29) is 24.2 Å². The number of hydrogen-bond acceptors (Lipinski definition) is 4. The molecule has 1 aliphatic heterocycles. The van der Waals surface area contributed by atoms with Crippen molar-refractivity contribution in [1.82, 2.24) is 15.5 Å². The summed E-state index contributed by atoms with van der Waals surface area (Å²) >= 11 is 0. The van der Waals surface area contributed by atoms with Crippen molar-refractivity contribution in [3.8, 4) is 11.3 Å². The van der Waals surface area contributed by atoms with Crippen LogP contribution in [-0.4, -0.2) is 33.9 Å². The molecule has 1 aromatic rings. The minimum Gasteiger partial charge on any atom is -0.394 e. The Bertz CT molecular complexity index is 761. The SMILES string of the molecule is O=C(N[C@@H](CO)Cc1ccccc1)c1nnc2cccccc1-2. The van der Waals surface area contributed by atoms with Crippen molar-refractivity contribution in [3.63, 3.8) is 0 Å². The van der Waals surface area contributed by atoms with Crippen molar-refractivity contribution >= 4 is 5.91 Å². The summed E-state index contributed by atoms with van der Waals surface area (Å²) in [6.07, 6.45) is 0.558. The van der Waals surface area contributed by atoms with Gasteiger partial charge in [-0.2, -0.15) is 0 Å². The van der Waals surface area contributed by atoms with Crippen molar-refractivity contribution in [1.29, 1.82) is 0 Å². The fraction of sp³-hybridized carbons (Fsp3) is 0.167. The fourth-order valence-electron chi connectivity index (χ4n) is 2.46. The molecule has 5 nitrogen and oxygen atoms in total. The van der Waals surface area contributed by atoms with Gasteiger partial charge in [-0.25, -0.2) is 0 Å². The van der Waals surface area contributed by atoms with Gasteiger partial charge in [0, 0.05) is 5.56 Å². The van der Waals surface area contributed by atoms with E-state index >= 15 is 0 Å². The van der Waals surface area contributed by atoms with Crippen LogP contribution in [0.1, 0.15) is 16.1 Å². The van der Waals surface area contributed by atoms with Crippen molar-refractivity contribution in [2.75, 3.05) is 6.61 Å². The van der Waals surface area contributed by atoms with Crippen LogP contribution < -0.4 is 5.32 Å². The van der Waals surface area contributed by atoms with E-state index in [1.807, 2.05) is 60.7 Å². The normalized spacial score (nSPS) is 12.0. The monoisotopic (exact) mass is 307 g/mol. The lowest BCUT2D eigenvalue weighted by Gasteiger charge is -2.15. The van der Waals surface area contributed by atoms with Crippen LogP contribution in [0.2, 0.25) is 0 Å². The van der Waals surface area contributed by atoms with Crippen molar-refractivity contribution in [2.24, 2.45) is 0 Å². The molecule has 3 rings (SSSR count). The van der Waals surface area contributed by atoms with Crippen LogP contribution in [0.3, 0.4) is 0 Å². The van der Waals surface area contributed by atoms with Gasteiger partial charge in [0.1, 0.15) is 0 Å². The zero-order valence-electron chi connectivity index (χ0n) is 12.5. The van der Waals surface area contributed by atoms with E-state index in [2.05, 4.69) is 15.5 Å². The lowest BCUT2D eigenvalue weighted by atomic mass is 10.1. The molecule has 1 heterocycles. The Balaban J connectivity index is 1.75. The molecule has 1 aliphatic carbocycles. The second-order valence-electron chi connectivity index (χ2n) is 5.30. The number of carbonyl (C=O) groups excluding carboxylic acids is 1. The lowest BCUT2D eigenvalue weighted by Crippen LogP contribution is -2.39. The zero-order chi connectivity index (χ0) is 16.1. The van der Waals surface area contributed by atoms with Gasteiger partial charge in [0.15, 0.2) is 5.69 Å². The number of rotatable bonds is 5. The van der Waals surface area contributed by atoms with E-state index in [1.54, 1.807) is 0 Å². The molecule has 116 valence electrons. The number of aliphatic hydroxyl groups is 1. The third kappa shape index (κ3) is 3.52. The maximum absolute atomic E-state index is 12.5. The third-order valence-electron chi connectivity index (χ3n) is 3.62. The molecule has 23 heavy (non-hydrogen) atoms. The van der Waals surface area contributed by atoms with E-state index in [1.165, 1.54) is 0 Å². The van der Waals surface area contributed by atoms with Gasteiger partial charge in [0.05, 0.1) is 18.3 Å². The van der Waals surface area contributed by atoms with E-state index in [0.717, 1.165) is 5.56 Å². The average molecular weight is 307 g/mol. The van der Waals surface area contributed by atoms with Crippen LogP contribution in [-0.2, 0) is 6.42 Å². The van der Waals surface area contributed by atoms with Gasteiger partial charge in [-0.3, -0.25) is 4.79 Å². The van der Waals surface area contributed by atoms with E-state index < -0.39 is 0 Å². The molecule has 0 radical (unpaired) electrons. The van der Waals surface area contributed by atoms with Gasteiger partial charge >= 0.3 is 0 Å². The predicted octanol–water partition coefficient (Wildman–Crippen LogP) is 1.91. The first kappa shape index (κ1) is 15.1. The van der Waals surface area contributed by atoms with Crippen LogP contribution in [0, 0.1) is 0 Å². The zero-order valence-corrected chi connectivity index (χ0v) is 12.5. The minimum absolute atomic E-state index is 0.138. The molecule has 5 heteroatoms. The second kappa shape index (κ2) is 6.98. The Hall–Kier alpha value is -2.79. The molecule has 2 N–H and O–H groups in total. The number of carbonyl (C=O) groups is 1. The summed E-state index contributed by atoms with van der Waals surface area (Å²) < 4.78 is 0. The summed E-state index contributed by atoms with van der Waals surface area (Å²) in [6, 6.07) is 18.6. The summed E-state index contributed by atoms with van der Waals surface area (Å²) in [6.45, 7) is -0.138. The molecule has 2 aliphatic rings. The highest BCUT2D eigenvalue weighted by atomic mass is 16.3. The number of benzene rings is 1. The first-order valence-corrected chi connectivity index (χ1v) is 7.45. The van der Waals surface area contributed by atoms with Gasteiger partial charge < -0.3 is 10.4 Å². The molecular formula is C18H17N3O2. The Morgan fingerprint density at radius 2 is 1.70 bits per heavy atom. The average Bonchev–Trinajstić information content (AvgIpc) is 2.84. The van der Waals surface area contributed by atoms with Gasteiger partial charge in [0.2, 0.25) is 0 Å². The first-order valence-electron chi connectivity index (χ1n) is 7.45. The number of nitrogens with one attached hydrogen (secondary N) is 1. The highest BCUT2D eigenvalue weighted by molar-refractivity contribution is 5.99. The largest absolute Gasteiger partial charge is 0.394 e. The molecule has 1 aromatic carbocycles. The number of fused-ring (bicyclic) bond motifs is 1. The molecular weight excluding hydrogens is 290 g/mol. The Morgan fingerprint density at radius 1 is 1.00 bits per heavy atom. The Kier molecular flexibility index (Phi) is 4.59. The van der Waals surface area contributed by atoms with Crippen LogP contribution in [0.4, 0.5) is 0 Å². The first-order chi connectivity index (χ1) is 11.3. The molecule has 1 amide bonds. The number of nitrogens with zero attached hydrogens (tertiary/aromatic N) is 2. The molecule has 0 bridgehead atoms. The summed E-state index contributed by atoms with van der Waals surface area (Å²) in [4.78, 5) is 12.5. The van der Waals surface area contributed by atoms with Gasteiger partial charge in [-0.15, -0.1) is 10.2 Å². The molecule has 0 saturated carbocycles. The van der Waals surface area contributed by atoms with Crippen molar-refractivity contribution in [2.45, 2.75) is 12.5 Å². The third-order valence-corrected chi connectivity index (χ3v) is 3.62. The quantitative estimate of drug-likeness (QED) is 0.755. The fourth-order valence-corrected chi connectivity index (χ4v) is 2.46. The van der Waals surface area contributed by atoms with Crippen LogP contribution in [0.25, 0.3) is 11.3 Å². The Morgan fingerprint density at radius 3 is 2.43 bits per heavy atom. The summed E-state index contributed by atoms with van der Waals surface area (Å²) in [5, 5.41) is 20.4. The molecule has 0 saturated heterocycles. The summed E-state index contributed by atoms with van der Waals surface area (Å²) in [5.74, 6) is -0.325. The number of aromatic nitrogens is 2. The van der Waals surface area contributed by atoms with Crippen molar-refractivity contribution in [3.05, 3.63) is 71.9 Å².